The molecule has 0 aliphatic heterocycles. The number of benzene rings is 2. The van der Waals surface area contributed by atoms with Crippen molar-refractivity contribution in [1.29, 1.82) is 0 Å². The molecule has 0 amide bonds. The largest absolute Gasteiger partial charge is 0.497 e. The molecule has 0 radical (unpaired) electrons. The number of nitrogens with zero attached hydrogens (tertiary/aromatic N) is 2. The first-order valence-corrected chi connectivity index (χ1v) is 6.25. The highest BCUT2D eigenvalue weighted by Crippen LogP contribution is 2.19. The van der Waals surface area contributed by atoms with E-state index in [0.29, 0.717) is 22.4 Å². The molecule has 20 heavy (non-hydrogen) atoms. The second kappa shape index (κ2) is 3.84. The number of hydrogen-bond acceptors (Lipinski definition) is 3. The third kappa shape index (κ3) is 1.37. The summed E-state index contributed by atoms with van der Waals surface area (Å²) in [6.07, 6.45) is 0. The first kappa shape index (κ1) is 11.0. The predicted octanol–water partition coefficient (Wildman–Crippen LogP) is 2.34. The van der Waals surface area contributed by atoms with Crippen LogP contribution in [0.25, 0.3) is 27.7 Å². The maximum atomic E-state index is 12.7. The number of fused-ring (bicyclic) bond motifs is 4. The molecule has 0 aliphatic rings. The molecule has 0 saturated carbocycles. The van der Waals surface area contributed by atoms with Crippen LogP contribution >= 0.6 is 0 Å². The van der Waals surface area contributed by atoms with E-state index in [4.69, 9.17) is 4.74 Å². The topological polar surface area (TPSA) is 59.4 Å². The van der Waals surface area contributed by atoms with Crippen LogP contribution in [0.15, 0.2) is 47.3 Å². The molecule has 98 valence electrons. The molecule has 2 aromatic carbocycles. The van der Waals surface area contributed by atoms with E-state index in [1.54, 1.807) is 29.7 Å². The number of aromatic nitrogens is 3. The summed E-state index contributed by atoms with van der Waals surface area (Å²) in [6, 6.07) is 13.0. The molecule has 4 aromatic rings. The van der Waals surface area contributed by atoms with Gasteiger partial charge in [0.25, 0.3) is 5.56 Å². The number of ether oxygens (including phenoxy) is 1. The minimum Gasteiger partial charge on any atom is -0.497 e. The van der Waals surface area contributed by atoms with Crippen molar-refractivity contribution >= 4 is 27.7 Å². The SMILES string of the molecule is COc1ccc2nc3[nH]c4ccccc4n3c(=O)c2c1. The third-order valence-corrected chi connectivity index (χ3v) is 3.47. The molecule has 5 nitrogen and oxygen atoms in total. The van der Waals surface area contributed by atoms with E-state index in [-0.39, 0.29) is 5.56 Å². The van der Waals surface area contributed by atoms with Gasteiger partial charge in [-0.3, -0.25) is 4.79 Å². The molecule has 0 saturated heterocycles. The fraction of sp³-hybridized carbons (Fsp3) is 0.0667. The number of nitrogens with one attached hydrogen (secondary N) is 1. The third-order valence-electron chi connectivity index (χ3n) is 3.47. The zero-order valence-corrected chi connectivity index (χ0v) is 10.8. The van der Waals surface area contributed by atoms with Crippen LogP contribution in [0.1, 0.15) is 0 Å². The van der Waals surface area contributed by atoms with Gasteiger partial charge in [-0.25, -0.2) is 9.38 Å². The number of para-hydroxylation sites is 2. The zero-order valence-electron chi connectivity index (χ0n) is 10.8. The first-order valence-electron chi connectivity index (χ1n) is 6.25. The molecule has 0 aliphatic carbocycles. The normalized spacial score (nSPS) is 11.4. The molecule has 0 spiro atoms. The van der Waals surface area contributed by atoms with Gasteiger partial charge in [-0.2, -0.15) is 0 Å². The quantitative estimate of drug-likeness (QED) is 0.574. The Morgan fingerprint density at radius 2 is 2.05 bits per heavy atom. The predicted molar refractivity (Wildman–Crippen MR) is 77.4 cm³/mol. The zero-order chi connectivity index (χ0) is 13.7. The number of aromatic amines is 1. The summed E-state index contributed by atoms with van der Waals surface area (Å²) in [5.74, 6) is 1.20. The summed E-state index contributed by atoms with van der Waals surface area (Å²) in [6.45, 7) is 0. The summed E-state index contributed by atoms with van der Waals surface area (Å²) in [5.41, 5.74) is 2.27. The number of imidazole rings is 1. The molecular weight excluding hydrogens is 254 g/mol. The maximum absolute atomic E-state index is 12.7. The van der Waals surface area contributed by atoms with Gasteiger partial charge in [0.1, 0.15) is 5.75 Å². The summed E-state index contributed by atoms with van der Waals surface area (Å²) < 4.78 is 6.77. The van der Waals surface area contributed by atoms with E-state index >= 15 is 0 Å². The highest BCUT2D eigenvalue weighted by molar-refractivity contribution is 5.85. The van der Waals surface area contributed by atoms with Gasteiger partial charge in [-0.1, -0.05) is 12.1 Å². The molecule has 0 bridgehead atoms. The van der Waals surface area contributed by atoms with Crippen molar-refractivity contribution in [3.63, 3.8) is 0 Å². The van der Waals surface area contributed by atoms with E-state index in [1.807, 2.05) is 24.3 Å². The highest BCUT2D eigenvalue weighted by Gasteiger charge is 2.11. The van der Waals surface area contributed by atoms with Gasteiger partial charge in [0.05, 0.1) is 29.0 Å². The Morgan fingerprint density at radius 1 is 1.20 bits per heavy atom. The van der Waals surface area contributed by atoms with Crippen LogP contribution in [-0.4, -0.2) is 21.5 Å². The van der Waals surface area contributed by atoms with Crippen molar-refractivity contribution in [2.75, 3.05) is 7.11 Å². The van der Waals surface area contributed by atoms with Crippen molar-refractivity contribution in [1.82, 2.24) is 14.4 Å². The first-order chi connectivity index (χ1) is 9.78. The fourth-order valence-corrected chi connectivity index (χ4v) is 2.49. The molecule has 1 N–H and O–H groups in total. The summed E-state index contributed by atoms with van der Waals surface area (Å²) in [7, 11) is 1.58. The number of H-pyrrole nitrogens is 1. The minimum absolute atomic E-state index is 0.0960. The van der Waals surface area contributed by atoms with Crippen molar-refractivity contribution in [2.24, 2.45) is 0 Å². The Morgan fingerprint density at radius 3 is 2.90 bits per heavy atom. The Balaban J connectivity index is 2.26. The van der Waals surface area contributed by atoms with Crippen molar-refractivity contribution in [3.05, 3.63) is 52.8 Å². The standard InChI is InChI=1S/C15H11N3O2/c1-20-9-6-7-11-10(8-9)14(19)18-13-5-3-2-4-12(13)17-15(18)16-11/h2-8H,1H3,(H,16,17). The molecule has 0 atom stereocenters. The van der Waals surface area contributed by atoms with E-state index in [0.717, 1.165) is 11.0 Å². The lowest BCUT2D eigenvalue weighted by Gasteiger charge is -2.02. The Hall–Kier alpha value is -2.82. The molecule has 0 fully saturated rings. The van der Waals surface area contributed by atoms with Crippen LogP contribution < -0.4 is 10.3 Å². The summed E-state index contributed by atoms with van der Waals surface area (Å²) >= 11 is 0. The smallest absolute Gasteiger partial charge is 0.267 e. The van der Waals surface area contributed by atoms with Crippen molar-refractivity contribution in [2.45, 2.75) is 0 Å². The number of rotatable bonds is 1. The second-order valence-corrected chi connectivity index (χ2v) is 4.60. The molecule has 2 heterocycles. The average molecular weight is 265 g/mol. The van der Waals surface area contributed by atoms with Crippen molar-refractivity contribution in [3.8, 4) is 5.75 Å². The van der Waals surface area contributed by atoms with E-state index in [2.05, 4.69) is 9.97 Å². The Bertz CT molecular complexity index is 1010. The lowest BCUT2D eigenvalue weighted by atomic mass is 10.2. The van der Waals surface area contributed by atoms with Crippen LogP contribution in [-0.2, 0) is 0 Å². The van der Waals surface area contributed by atoms with Gasteiger partial charge in [0.15, 0.2) is 0 Å². The Kier molecular flexibility index (Phi) is 2.12. The molecule has 5 heteroatoms. The lowest BCUT2D eigenvalue weighted by molar-refractivity contribution is 0.415. The monoisotopic (exact) mass is 265 g/mol. The van der Waals surface area contributed by atoms with Crippen LogP contribution in [0.4, 0.5) is 0 Å². The minimum atomic E-state index is -0.0960. The van der Waals surface area contributed by atoms with Gasteiger partial charge in [-0.15, -0.1) is 0 Å². The number of methoxy groups -OCH3 is 1. The van der Waals surface area contributed by atoms with E-state index in [9.17, 15) is 4.79 Å². The molecule has 4 rings (SSSR count). The summed E-state index contributed by atoms with van der Waals surface area (Å²) in [5, 5.41) is 0.548. The van der Waals surface area contributed by atoms with Gasteiger partial charge in [0.2, 0.25) is 5.78 Å². The summed E-state index contributed by atoms with van der Waals surface area (Å²) in [4.78, 5) is 20.3. The van der Waals surface area contributed by atoms with Crippen LogP contribution in [0, 0.1) is 0 Å². The van der Waals surface area contributed by atoms with Crippen molar-refractivity contribution < 1.29 is 4.74 Å². The molecule has 0 unspecified atom stereocenters. The van der Waals surface area contributed by atoms with Gasteiger partial charge in [0, 0.05) is 0 Å². The molecule has 2 aromatic heterocycles. The van der Waals surface area contributed by atoms with Gasteiger partial charge in [-0.05, 0) is 30.3 Å². The molecular formula is C15H11N3O2. The highest BCUT2D eigenvalue weighted by atomic mass is 16.5. The van der Waals surface area contributed by atoms with E-state index in [1.165, 1.54) is 0 Å². The fourth-order valence-electron chi connectivity index (χ4n) is 2.49. The van der Waals surface area contributed by atoms with Gasteiger partial charge < -0.3 is 9.72 Å². The Labute approximate surface area is 113 Å². The second-order valence-electron chi connectivity index (χ2n) is 4.60. The van der Waals surface area contributed by atoms with Crippen LogP contribution in [0.2, 0.25) is 0 Å². The van der Waals surface area contributed by atoms with Gasteiger partial charge >= 0.3 is 0 Å². The van der Waals surface area contributed by atoms with Crippen LogP contribution in [0.5, 0.6) is 5.75 Å². The lowest BCUT2D eigenvalue weighted by Crippen LogP contribution is -2.14. The van der Waals surface area contributed by atoms with Crippen LogP contribution in [0.3, 0.4) is 0 Å². The maximum Gasteiger partial charge on any atom is 0.267 e. The average Bonchev–Trinajstić information content (AvgIpc) is 2.85. The van der Waals surface area contributed by atoms with E-state index < -0.39 is 0 Å². The number of hydrogen-bond donors (Lipinski definition) is 1.